The normalized spacial score (nSPS) is 10.0. The first-order chi connectivity index (χ1) is 7.61. The molecule has 0 N–H and O–H groups in total. The molecule has 3 heteroatoms. The largest absolute Gasteiger partial charge is 0.459 e. The fraction of sp³-hybridized carbons (Fsp3) is 0.562. The molecule has 0 fully saturated rings. The Morgan fingerprint density at radius 1 is 1.16 bits per heavy atom. The monoisotopic (exact) mass is 460 g/mol. The Balaban J connectivity index is -0.000000172. The summed E-state index contributed by atoms with van der Waals surface area (Å²) in [5.74, 6) is 0. The molecule has 0 saturated heterocycles. The molecule has 0 amide bonds. The quantitative estimate of drug-likeness (QED) is 0.585. The van der Waals surface area contributed by atoms with E-state index in [1.54, 1.807) is 0 Å². The van der Waals surface area contributed by atoms with E-state index in [0.717, 1.165) is 6.42 Å². The third-order valence-electron chi connectivity index (χ3n) is 2.45. The molecule has 1 nitrogen and oxygen atoms in total. The zero-order valence-electron chi connectivity index (χ0n) is 12.0. The number of hydrogen-bond donors (Lipinski definition) is 0. The molecular formula is C16H30ArNW-. The van der Waals surface area contributed by atoms with E-state index in [2.05, 4.69) is 58.2 Å². The first-order valence-corrected chi connectivity index (χ1v) is 6.19. The van der Waals surface area contributed by atoms with Crippen LogP contribution in [0.1, 0.15) is 46.6 Å². The van der Waals surface area contributed by atoms with Crippen LogP contribution >= 0.6 is 0 Å². The van der Waals surface area contributed by atoms with Gasteiger partial charge in [0.25, 0.3) is 0 Å². The van der Waals surface area contributed by atoms with Crippen LogP contribution in [0.3, 0.4) is 0 Å². The summed E-state index contributed by atoms with van der Waals surface area (Å²) >= 11 is 0. The molecule has 0 aliphatic carbocycles. The molecular weight excluding hydrogens is 430 g/mol. The van der Waals surface area contributed by atoms with Gasteiger partial charge in [0.1, 0.15) is 0 Å². The maximum absolute atomic E-state index is 3.88. The molecule has 0 aromatic heterocycles. The Morgan fingerprint density at radius 3 is 1.95 bits per heavy atom. The Hall–Kier alpha value is 1.13. The van der Waals surface area contributed by atoms with Crippen molar-refractivity contribution in [3.05, 3.63) is 42.9 Å². The smallest absolute Gasteiger partial charge is 0 e. The standard InChI is InChI=1S/C12H18N.C3H8.CH4.Ar.W/c1-11(13(2)3)9-10-12-7-5-4-6-8-12;1-3-2;;;/h4-8,11H,2,9-10H2,1,3H3;3H2,1-2H3;1H4;;/q-1;;;;. The van der Waals surface area contributed by atoms with E-state index < -0.39 is 0 Å². The fourth-order valence-corrected chi connectivity index (χ4v) is 1.24. The second-order valence-corrected chi connectivity index (χ2v) is 4.34. The van der Waals surface area contributed by atoms with Crippen LogP contribution in [-0.2, 0) is 27.5 Å². The molecule has 0 aliphatic rings. The van der Waals surface area contributed by atoms with Gasteiger partial charge in [-0.15, -0.1) is 0 Å². The second-order valence-electron chi connectivity index (χ2n) is 4.34. The van der Waals surface area contributed by atoms with Gasteiger partial charge in [-0.2, -0.15) is 0 Å². The van der Waals surface area contributed by atoms with Crippen molar-refractivity contribution >= 4 is 0 Å². The molecule has 0 bridgehead atoms. The third kappa shape index (κ3) is 17.1. The molecule has 19 heavy (non-hydrogen) atoms. The zero-order chi connectivity index (χ0) is 12.4. The molecule has 1 aromatic carbocycles. The number of hydrogen-bond acceptors (Lipinski definition) is 1. The van der Waals surface area contributed by atoms with Gasteiger partial charge in [0.05, 0.1) is 0 Å². The number of aryl methyl sites for hydroxylation is 1. The fourth-order valence-electron chi connectivity index (χ4n) is 1.24. The summed E-state index contributed by atoms with van der Waals surface area (Å²) in [5, 5.41) is 0. The summed E-state index contributed by atoms with van der Waals surface area (Å²) in [4.78, 5) is 2.02. The Morgan fingerprint density at radius 2 is 1.58 bits per heavy atom. The molecule has 0 heterocycles. The van der Waals surface area contributed by atoms with E-state index in [1.165, 1.54) is 18.4 Å². The van der Waals surface area contributed by atoms with Gasteiger partial charge in [-0.25, -0.2) is 0 Å². The maximum Gasteiger partial charge on any atom is 0 e. The predicted octanol–water partition coefficient (Wildman–Crippen LogP) is 4.78. The van der Waals surface area contributed by atoms with Crippen molar-refractivity contribution in [2.45, 2.75) is 53.5 Å². The van der Waals surface area contributed by atoms with Crippen molar-refractivity contribution in [1.29, 1.82) is 0 Å². The van der Waals surface area contributed by atoms with Gasteiger partial charge in [0, 0.05) is 58.8 Å². The molecule has 1 rings (SSSR count). The van der Waals surface area contributed by atoms with Crippen LogP contribution in [0.5, 0.6) is 0 Å². The summed E-state index contributed by atoms with van der Waals surface area (Å²) in [6.07, 6.45) is 3.56. The second kappa shape index (κ2) is 19.1. The minimum atomic E-state index is 0. The van der Waals surface area contributed by atoms with Gasteiger partial charge in [-0.1, -0.05) is 65.0 Å². The van der Waals surface area contributed by atoms with Gasteiger partial charge in [-0.05, 0) is 31.5 Å². The molecule has 0 spiro atoms. The number of rotatable bonds is 4. The summed E-state index contributed by atoms with van der Waals surface area (Å²) in [5.41, 5.74) is 1.41. The minimum absolute atomic E-state index is 0. The number of benzene rings is 1. The average Bonchev–Trinajstić information content (AvgIpc) is 2.28. The minimum Gasteiger partial charge on any atom is -0.459 e. The van der Waals surface area contributed by atoms with Crippen molar-refractivity contribution in [3.63, 3.8) is 0 Å². The Bertz CT molecular complexity index is 252. The molecule has 1 atom stereocenters. The summed E-state index contributed by atoms with van der Waals surface area (Å²) in [6.45, 7) is 6.45. The van der Waals surface area contributed by atoms with Crippen LogP contribution in [0.25, 0.3) is 0 Å². The van der Waals surface area contributed by atoms with Crippen LogP contribution in [0.15, 0.2) is 30.3 Å². The van der Waals surface area contributed by atoms with E-state index in [-0.39, 0.29) is 66.2 Å². The molecule has 0 radical (unpaired) electrons. The predicted molar refractivity (Wildman–Crippen MR) is 80.0 cm³/mol. The van der Waals surface area contributed by atoms with Crippen LogP contribution in [-0.4, -0.2) is 18.0 Å². The van der Waals surface area contributed by atoms with Crippen LogP contribution in [0.4, 0.5) is 0 Å². The summed E-state index contributed by atoms with van der Waals surface area (Å²) < 4.78 is 0. The molecule has 0 aliphatic heterocycles. The summed E-state index contributed by atoms with van der Waals surface area (Å²) in [7, 11) is 5.91. The van der Waals surface area contributed by atoms with E-state index in [0.29, 0.717) is 6.04 Å². The van der Waals surface area contributed by atoms with Crippen molar-refractivity contribution in [1.82, 2.24) is 4.90 Å². The Kier molecular flexibility index (Phi) is 28.5. The topological polar surface area (TPSA) is 3.24 Å². The van der Waals surface area contributed by atoms with E-state index in [9.17, 15) is 0 Å². The number of nitrogens with zero attached hydrogens (tertiary/aromatic N) is 1. The van der Waals surface area contributed by atoms with Crippen molar-refractivity contribution in [2.75, 3.05) is 7.05 Å². The van der Waals surface area contributed by atoms with Crippen LogP contribution in [0.2, 0.25) is 0 Å². The van der Waals surface area contributed by atoms with Crippen molar-refractivity contribution in [3.8, 4) is 0 Å². The molecule has 114 valence electrons. The average molecular weight is 460 g/mol. The SMILES string of the molecule is C.CCC.[Ar].[CH2-]N(C)C(C)CCc1ccccc1.[W]. The molecule has 1 unspecified atom stereocenters. The van der Waals surface area contributed by atoms with Crippen molar-refractivity contribution in [2.24, 2.45) is 0 Å². The zero-order valence-corrected chi connectivity index (χ0v) is 15.6. The van der Waals surface area contributed by atoms with Gasteiger partial charge < -0.3 is 4.90 Å². The first-order valence-electron chi connectivity index (χ1n) is 6.19. The third-order valence-corrected chi connectivity index (χ3v) is 2.45. The molecule has 1 aromatic rings. The van der Waals surface area contributed by atoms with Gasteiger partial charge in [0.15, 0.2) is 0 Å². The van der Waals surface area contributed by atoms with Crippen LogP contribution < -0.4 is 0 Å². The molecule has 0 saturated carbocycles. The van der Waals surface area contributed by atoms with Crippen LogP contribution in [0, 0.1) is 44.8 Å². The van der Waals surface area contributed by atoms with E-state index in [4.69, 9.17) is 0 Å². The Labute approximate surface area is 165 Å². The first kappa shape index (κ1) is 28.3. The van der Waals surface area contributed by atoms with Gasteiger partial charge >= 0.3 is 0 Å². The van der Waals surface area contributed by atoms with Gasteiger partial charge in [0.2, 0.25) is 0 Å². The van der Waals surface area contributed by atoms with E-state index >= 15 is 0 Å². The maximum atomic E-state index is 3.88. The van der Waals surface area contributed by atoms with E-state index in [1.807, 2.05) is 11.9 Å². The van der Waals surface area contributed by atoms with Gasteiger partial charge in [-0.3, -0.25) is 7.05 Å². The van der Waals surface area contributed by atoms with Crippen molar-refractivity contribution < 1.29 is 58.8 Å². The summed E-state index contributed by atoms with van der Waals surface area (Å²) in [6, 6.07) is 11.1.